The van der Waals surface area contributed by atoms with Crippen LogP contribution in [0.15, 0.2) is 42.5 Å². The van der Waals surface area contributed by atoms with Crippen LogP contribution in [0, 0.1) is 5.82 Å². The zero-order chi connectivity index (χ0) is 20.1. The van der Waals surface area contributed by atoms with Crippen LogP contribution in [0.2, 0.25) is 10.0 Å². The summed E-state index contributed by atoms with van der Waals surface area (Å²) in [5.74, 6) is -0.216. The van der Waals surface area contributed by atoms with Gasteiger partial charge in [-0.2, -0.15) is 0 Å². The van der Waals surface area contributed by atoms with Gasteiger partial charge in [-0.05, 0) is 55.8 Å². The first kappa shape index (κ1) is 20.9. The van der Waals surface area contributed by atoms with E-state index in [1.54, 1.807) is 24.3 Å². The summed E-state index contributed by atoms with van der Waals surface area (Å²) in [7, 11) is 0. The number of halogens is 3. The molecule has 2 aromatic carbocycles. The van der Waals surface area contributed by atoms with E-state index < -0.39 is 11.4 Å². The topological polar surface area (TPSA) is 61.8 Å². The highest BCUT2D eigenvalue weighted by Crippen LogP contribution is 2.24. The van der Waals surface area contributed by atoms with E-state index in [1.807, 2.05) is 4.90 Å². The molecule has 3 rings (SSSR count). The van der Waals surface area contributed by atoms with Crippen LogP contribution in [0.3, 0.4) is 0 Å². The van der Waals surface area contributed by atoms with Crippen molar-refractivity contribution in [3.05, 3.63) is 58.3 Å². The lowest BCUT2D eigenvalue weighted by molar-refractivity contribution is -0.119. The molecule has 0 bridgehead atoms. The zero-order valence-electron chi connectivity index (χ0n) is 15.1. The number of likely N-dealkylation sites (tertiary alicyclic amines) is 1. The van der Waals surface area contributed by atoms with Gasteiger partial charge in [0.25, 0.3) is 0 Å². The SMILES string of the molecule is O=C(CN1CCCC(O)(COc2cccc(Cl)c2)C1)Nc1ccc(F)c(Cl)c1. The van der Waals surface area contributed by atoms with E-state index in [-0.39, 0.29) is 24.1 Å². The minimum atomic E-state index is -1.06. The number of carbonyl (C=O) groups excluding carboxylic acids is 1. The van der Waals surface area contributed by atoms with E-state index in [4.69, 9.17) is 27.9 Å². The number of aliphatic hydroxyl groups is 1. The Kier molecular flexibility index (Phi) is 6.78. The van der Waals surface area contributed by atoms with E-state index in [0.717, 1.165) is 6.42 Å². The predicted octanol–water partition coefficient (Wildman–Crippen LogP) is 3.98. The summed E-state index contributed by atoms with van der Waals surface area (Å²) >= 11 is 11.7. The third-order valence-electron chi connectivity index (χ3n) is 4.51. The number of β-amino-alcohol motifs (C(OH)–C–C–N with tert-alkyl or cyclic N) is 1. The maximum absolute atomic E-state index is 13.2. The second kappa shape index (κ2) is 9.09. The fraction of sp³-hybridized carbons (Fsp3) is 0.350. The molecule has 1 fully saturated rings. The largest absolute Gasteiger partial charge is 0.490 e. The van der Waals surface area contributed by atoms with E-state index in [0.29, 0.717) is 36.0 Å². The van der Waals surface area contributed by atoms with Gasteiger partial charge in [-0.3, -0.25) is 9.69 Å². The standard InChI is InChI=1S/C20H21Cl2FN2O3/c21-14-3-1-4-16(9-14)28-13-20(27)7-2-8-25(12-20)11-19(26)24-15-5-6-18(23)17(22)10-15/h1,3-6,9-10,27H,2,7-8,11-13H2,(H,24,26). The Morgan fingerprint density at radius 3 is 2.86 bits per heavy atom. The Morgan fingerprint density at radius 1 is 1.29 bits per heavy atom. The summed E-state index contributed by atoms with van der Waals surface area (Å²) in [6.07, 6.45) is 1.32. The molecule has 0 radical (unpaired) electrons. The minimum Gasteiger partial charge on any atom is -0.490 e. The highest BCUT2D eigenvalue weighted by Gasteiger charge is 2.34. The lowest BCUT2D eigenvalue weighted by Gasteiger charge is -2.38. The van der Waals surface area contributed by atoms with Crippen LogP contribution < -0.4 is 10.1 Å². The molecule has 2 aromatic rings. The van der Waals surface area contributed by atoms with Crippen LogP contribution in [0.4, 0.5) is 10.1 Å². The molecular formula is C20H21Cl2FN2O3. The fourth-order valence-electron chi connectivity index (χ4n) is 3.21. The number of carbonyl (C=O) groups is 1. The smallest absolute Gasteiger partial charge is 0.238 e. The number of ether oxygens (including phenoxy) is 1. The Balaban J connectivity index is 1.53. The highest BCUT2D eigenvalue weighted by molar-refractivity contribution is 6.31. The van der Waals surface area contributed by atoms with Crippen LogP contribution in [0.25, 0.3) is 0 Å². The molecule has 1 amide bonds. The Bertz CT molecular complexity index is 852. The number of hydrogen-bond donors (Lipinski definition) is 2. The molecule has 2 N–H and O–H groups in total. The quantitative estimate of drug-likeness (QED) is 0.733. The highest BCUT2D eigenvalue weighted by atomic mass is 35.5. The normalized spacial score (nSPS) is 20.0. The van der Waals surface area contributed by atoms with Gasteiger partial charge in [0.15, 0.2) is 0 Å². The molecule has 0 aliphatic carbocycles. The lowest BCUT2D eigenvalue weighted by atomic mass is 9.93. The van der Waals surface area contributed by atoms with E-state index in [9.17, 15) is 14.3 Å². The van der Waals surface area contributed by atoms with Crippen LogP contribution in [0.5, 0.6) is 5.75 Å². The molecule has 28 heavy (non-hydrogen) atoms. The van der Waals surface area contributed by atoms with Crippen molar-refractivity contribution >= 4 is 34.8 Å². The fourth-order valence-corrected chi connectivity index (χ4v) is 3.57. The molecule has 1 aliphatic heterocycles. The van der Waals surface area contributed by atoms with Crippen molar-refractivity contribution in [1.29, 1.82) is 0 Å². The third-order valence-corrected chi connectivity index (χ3v) is 5.03. The number of benzene rings is 2. The van der Waals surface area contributed by atoms with Gasteiger partial charge >= 0.3 is 0 Å². The van der Waals surface area contributed by atoms with Gasteiger partial charge in [0, 0.05) is 17.3 Å². The maximum atomic E-state index is 13.2. The van der Waals surface area contributed by atoms with Crippen molar-refractivity contribution in [3.8, 4) is 5.75 Å². The van der Waals surface area contributed by atoms with Crippen LogP contribution in [0.1, 0.15) is 12.8 Å². The number of nitrogens with one attached hydrogen (secondary N) is 1. The molecule has 1 unspecified atom stereocenters. The molecule has 0 spiro atoms. The number of hydrogen-bond acceptors (Lipinski definition) is 4. The van der Waals surface area contributed by atoms with Gasteiger partial charge in [0.1, 0.15) is 23.8 Å². The number of nitrogens with zero attached hydrogens (tertiary/aromatic N) is 1. The van der Waals surface area contributed by atoms with E-state index >= 15 is 0 Å². The van der Waals surface area contributed by atoms with Gasteiger partial charge in [0.05, 0.1) is 11.6 Å². The molecule has 0 saturated carbocycles. The van der Waals surface area contributed by atoms with Crippen molar-refractivity contribution in [3.63, 3.8) is 0 Å². The Labute approximate surface area is 173 Å². The Morgan fingerprint density at radius 2 is 2.11 bits per heavy atom. The van der Waals surface area contributed by atoms with Crippen molar-refractivity contribution in [1.82, 2.24) is 4.90 Å². The summed E-state index contributed by atoms with van der Waals surface area (Å²) in [6.45, 7) is 1.22. The van der Waals surface area contributed by atoms with Gasteiger partial charge in [-0.1, -0.05) is 29.3 Å². The van der Waals surface area contributed by atoms with E-state index in [1.165, 1.54) is 18.2 Å². The molecule has 8 heteroatoms. The summed E-state index contributed by atoms with van der Waals surface area (Å²) in [5, 5.41) is 14.1. The van der Waals surface area contributed by atoms with Crippen LogP contribution in [-0.2, 0) is 4.79 Å². The van der Waals surface area contributed by atoms with Gasteiger partial charge in [-0.15, -0.1) is 0 Å². The number of amides is 1. The minimum absolute atomic E-state index is 0.0525. The van der Waals surface area contributed by atoms with Crippen molar-refractivity contribution in [2.45, 2.75) is 18.4 Å². The molecule has 150 valence electrons. The van der Waals surface area contributed by atoms with Crippen LogP contribution >= 0.6 is 23.2 Å². The zero-order valence-corrected chi connectivity index (χ0v) is 16.6. The molecule has 5 nitrogen and oxygen atoms in total. The summed E-state index contributed by atoms with van der Waals surface area (Å²) in [4.78, 5) is 14.2. The first-order valence-electron chi connectivity index (χ1n) is 8.91. The molecule has 1 atom stereocenters. The first-order chi connectivity index (χ1) is 13.3. The summed E-state index contributed by atoms with van der Waals surface area (Å²) in [5.41, 5.74) is -0.631. The number of anilines is 1. The van der Waals surface area contributed by atoms with E-state index in [2.05, 4.69) is 5.32 Å². The summed E-state index contributed by atoms with van der Waals surface area (Å²) < 4.78 is 18.9. The second-order valence-corrected chi connectivity index (χ2v) is 7.81. The van der Waals surface area contributed by atoms with Gasteiger partial charge in [-0.25, -0.2) is 4.39 Å². The van der Waals surface area contributed by atoms with Crippen LogP contribution in [-0.4, -0.2) is 47.8 Å². The average Bonchev–Trinajstić information content (AvgIpc) is 2.63. The van der Waals surface area contributed by atoms with Gasteiger partial charge in [0.2, 0.25) is 5.91 Å². The third kappa shape index (κ3) is 5.82. The molecular weight excluding hydrogens is 406 g/mol. The van der Waals surface area contributed by atoms with Crippen molar-refractivity contribution in [2.24, 2.45) is 0 Å². The first-order valence-corrected chi connectivity index (χ1v) is 9.67. The second-order valence-electron chi connectivity index (χ2n) is 6.96. The molecule has 1 heterocycles. The number of piperidine rings is 1. The lowest BCUT2D eigenvalue weighted by Crippen LogP contribution is -2.53. The maximum Gasteiger partial charge on any atom is 0.238 e. The number of rotatable bonds is 6. The van der Waals surface area contributed by atoms with Gasteiger partial charge < -0.3 is 15.2 Å². The van der Waals surface area contributed by atoms with Crippen molar-refractivity contribution in [2.75, 3.05) is 31.6 Å². The summed E-state index contributed by atoms with van der Waals surface area (Å²) in [6, 6.07) is 11.0. The monoisotopic (exact) mass is 426 g/mol. The van der Waals surface area contributed by atoms with Crippen molar-refractivity contribution < 1.29 is 19.0 Å². The molecule has 0 aromatic heterocycles. The molecule has 1 aliphatic rings. The molecule has 1 saturated heterocycles. The Hall–Kier alpha value is -1.86. The predicted molar refractivity (Wildman–Crippen MR) is 108 cm³/mol. The average molecular weight is 427 g/mol.